The van der Waals surface area contributed by atoms with Gasteiger partial charge in [-0.1, -0.05) is 37.8 Å². The Kier molecular flexibility index (Phi) is 3.65. The van der Waals surface area contributed by atoms with E-state index in [9.17, 15) is 0 Å². The highest BCUT2D eigenvalue weighted by molar-refractivity contribution is 5.82. The van der Waals surface area contributed by atoms with Crippen LogP contribution in [0.3, 0.4) is 0 Å². The van der Waals surface area contributed by atoms with Crippen LogP contribution in [0, 0.1) is 0 Å². The van der Waals surface area contributed by atoms with Gasteiger partial charge in [-0.15, -0.1) is 0 Å². The van der Waals surface area contributed by atoms with E-state index in [1.807, 2.05) is 6.20 Å². The molecule has 0 atom stereocenters. The topological polar surface area (TPSA) is 27.8 Å². The molecule has 1 aromatic heterocycles. The van der Waals surface area contributed by atoms with Gasteiger partial charge in [0.05, 0.1) is 0 Å². The number of hydrogen-bond acceptors (Lipinski definition) is 1. The van der Waals surface area contributed by atoms with Crippen molar-refractivity contribution in [1.82, 2.24) is 10.3 Å². The van der Waals surface area contributed by atoms with Gasteiger partial charge >= 0.3 is 0 Å². The molecule has 2 heteroatoms. The molecular weight excluding hydrogens is 220 g/mol. The first kappa shape index (κ1) is 11.8. The van der Waals surface area contributed by atoms with Crippen molar-refractivity contribution in [2.45, 2.75) is 51.1 Å². The summed E-state index contributed by atoms with van der Waals surface area (Å²) in [4.78, 5) is 3.28. The summed E-state index contributed by atoms with van der Waals surface area (Å²) in [5.74, 6) is 0. The second-order valence-corrected chi connectivity index (χ2v) is 5.43. The van der Waals surface area contributed by atoms with Crippen molar-refractivity contribution in [3.63, 3.8) is 0 Å². The molecule has 0 saturated heterocycles. The van der Waals surface area contributed by atoms with E-state index in [1.54, 1.807) is 0 Å². The van der Waals surface area contributed by atoms with Gasteiger partial charge in [-0.3, -0.25) is 0 Å². The maximum absolute atomic E-state index is 3.75. The minimum Gasteiger partial charge on any atom is -0.361 e. The number of aromatic amines is 1. The molecule has 1 fully saturated rings. The number of nitrogens with one attached hydrogen (secondary N) is 2. The van der Waals surface area contributed by atoms with Gasteiger partial charge in [0, 0.05) is 29.7 Å². The van der Waals surface area contributed by atoms with Crippen LogP contribution in [0.15, 0.2) is 30.5 Å². The Morgan fingerprint density at radius 3 is 2.72 bits per heavy atom. The third kappa shape index (κ3) is 2.59. The number of benzene rings is 1. The maximum Gasteiger partial charge on any atom is 0.0457 e. The fourth-order valence-electron chi connectivity index (χ4n) is 3.04. The first-order chi connectivity index (χ1) is 8.93. The molecule has 2 nitrogen and oxygen atoms in total. The molecule has 1 aliphatic carbocycles. The van der Waals surface area contributed by atoms with Crippen LogP contribution in [0.25, 0.3) is 10.9 Å². The quantitative estimate of drug-likeness (QED) is 0.783. The molecule has 0 spiro atoms. The Bertz CT molecular complexity index is 493. The minimum atomic E-state index is 0.724. The molecule has 0 aliphatic heterocycles. The van der Waals surface area contributed by atoms with Crippen molar-refractivity contribution in [3.05, 3.63) is 36.0 Å². The van der Waals surface area contributed by atoms with E-state index in [0.717, 1.165) is 12.6 Å². The van der Waals surface area contributed by atoms with Crippen LogP contribution < -0.4 is 5.32 Å². The molecule has 96 valence electrons. The lowest BCUT2D eigenvalue weighted by atomic mass is 10.1. The van der Waals surface area contributed by atoms with Crippen LogP contribution in [-0.2, 0) is 6.54 Å². The molecular formula is C16H22N2. The van der Waals surface area contributed by atoms with Crippen molar-refractivity contribution in [3.8, 4) is 0 Å². The first-order valence-corrected chi connectivity index (χ1v) is 7.22. The van der Waals surface area contributed by atoms with E-state index in [-0.39, 0.29) is 0 Å². The number of fused-ring (bicyclic) bond motifs is 1. The third-order valence-corrected chi connectivity index (χ3v) is 4.12. The van der Waals surface area contributed by atoms with Crippen molar-refractivity contribution < 1.29 is 0 Å². The molecule has 0 radical (unpaired) electrons. The number of rotatable bonds is 3. The predicted octanol–water partition coefficient (Wildman–Crippen LogP) is 3.98. The molecule has 1 aliphatic rings. The maximum atomic E-state index is 3.75. The highest BCUT2D eigenvalue weighted by Crippen LogP contribution is 2.20. The minimum absolute atomic E-state index is 0.724. The fraction of sp³-hybridized carbons (Fsp3) is 0.500. The molecule has 18 heavy (non-hydrogen) atoms. The molecule has 3 rings (SSSR count). The van der Waals surface area contributed by atoms with Gasteiger partial charge in [-0.2, -0.15) is 0 Å². The van der Waals surface area contributed by atoms with Crippen LogP contribution in [-0.4, -0.2) is 11.0 Å². The monoisotopic (exact) mass is 242 g/mol. The average Bonchev–Trinajstić information content (AvgIpc) is 2.73. The average molecular weight is 242 g/mol. The summed E-state index contributed by atoms with van der Waals surface area (Å²) in [7, 11) is 0. The molecule has 1 aromatic carbocycles. The van der Waals surface area contributed by atoms with Gasteiger partial charge in [-0.25, -0.2) is 0 Å². The largest absolute Gasteiger partial charge is 0.361 e. The van der Waals surface area contributed by atoms with Gasteiger partial charge in [0.25, 0.3) is 0 Å². The summed E-state index contributed by atoms with van der Waals surface area (Å²) in [6, 6.07) is 9.42. The van der Waals surface area contributed by atoms with Crippen LogP contribution in [0.5, 0.6) is 0 Å². The summed E-state index contributed by atoms with van der Waals surface area (Å²) in [6.45, 7) is 1.000. The number of H-pyrrole nitrogens is 1. The standard InChI is InChI=1S/C16H22N2/c1-2-4-8-14(7-3-1)18-12-13-6-5-9-16-15(13)10-11-17-16/h5-6,9-11,14,17-18H,1-4,7-8,12H2. The molecule has 1 saturated carbocycles. The summed E-state index contributed by atoms with van der Waals surface area (Å²) in [5, 5.41) is 5.11. The van der Waals surface area contributed by atoms with Crippen LogP contribution in [0.1, 0.15) is 44.1 Å². The molecule has 0 unspecified atom stereocenters. The lowest BCUT2D eigenvalue weighted by Gasteiger charge is -2.16. The van der Waals surface area contributed by atoms with Crippen molar-refractivity contribution in [2.24, 2.45) is 0 Å². The molecule has 0 amide bonds. The number of aromatic nitrogens is 1. The second kappa shape index (κ2) is 5.57. The Morgan fingerprint density at radius 1 is 1.06 bits per heavy atom. The van der Waals surface area contributed by atoms with Gasteiger partial charge < -0.3 is 10.3 Å². The molecule has 0 bridgehead atoms. The van der Waals surface area contributed by atoms with E-state index in [4.69, 9.17) is 0 Å². The Balaban J connectivity index is 1.67. The smallest absolute Gasteiger partial charge is 0.0457 e. The highest BCUT2D eigenvalue weighted by Gasteiger charge is 2.11. The van der Waals surface area contributed by atoms with Crippen LogP contribution in [0.4, 0.5) is 0 Å². The van der Waals surface area contributed by atoms with Crippen LogP contribution in [0.2, 0.25) is 0 Å². The number of hydrogen-bond donors (Lipinski definition) is 2. The Hall–Kier alpha value is -1.28. The van der Waals surface area contributed by atoms with E-state index < -0.39 is 0 Å². The van der Waals surface area contributed by atoms with Crippen LogP contribution >= 0.6 is 0 Å². The SMILES string of the molecule is c1cc(CNC2CCCCCC2)c2cc[nH]c2c1. The zero-order valence-corrected chi connectivity index (χ0v) is 10.9. The highest BCUT2D eigenvalue weighted by atomic mass is 14.9. The van der Waals surface area contributed by atoms with Crippen molar-refractivity contribution in [2.75, 3.05) is 0 Å². The van der Waals surface area contributed by atoms with Crippen molar-refractivity contribution in [1.29, 1.82) is 0 Å². The summed E-state index contributed by atoms with van der Waals surface area (Å²) < 4.78 is 0. The van der Waals surface area contributed by atoms with Gasteiger partial charge in [0.2, 0.25) is 0 Å². The summed E-state index contributed by atoms with van der Waals surface area (Å²) >= 11 is 0. The Morgan fingerprint density at radius 2 is 1.89 bits per heavy atom. The fourth-order valence-corrected chi connectivity index (χ4v) is 3.04. The van der Waals surface area contributed by atoms with E-state index in [2.05, 4.69) is 34.6 Å². The second-order valence-electron chi connectivity index (χ2n) is 5.43. The van der Waals surface area contributed by atoms with E-state index in [1.165, 1.54) is 55.0 Å². The first-order valence-electron chi connectivity index (χ1n) is 7.22. The molecule has 1 heterocycles. The lowest BCUT2D eigenvalue weighted by Crippen LogP contribution is -2.27. The van der Waals surface area contributed by atoms with Gasteiger partial charge in [0.15, 0.2) is 0 Å². The molecule has 2 aromatic rings. The van der Waals surface area contributed by atoms with Gasteiger partial charge in [0.1, 0.15) is 0 Å². The normalized spacial score (nSPS) is 18.0. The zero-order valence-electron chi connectivity index (χ0n) is 10.9. The summed E-state index contributed by atoms with van der Waals surface area (Å²) in [6.07, 6.45) is 10.4. The lowest BCUT2D eigenvalue weighted by molar-refractivity contribution is 0.460. The predicted molar refractivity (Wildman–Crippen MR) is 76.6 cm³/mol. The zero-order chi connectivity index (χ0) is 12.2. The van der Waals surface area contributed by atoms with E-state index >= 15 is 0 Å². The molecule has 2 N–H and O–H groups in total. The summed E-state index contributed by atoms with van der Waals surface area (Å²) in [5.41, 5.74) is 2.66. The Labute approximate surface area is 109 Å². The third-order valence-electron chi connectivity index (χ3n) is 4.12. The van der Waals surface area contributed by atoms with Gasteiger partial charge in [-0.05, 0) is 30.5 Å². The van der Waals surface area contributed by atoms with Crippen molar-refractivity contribution >= 4 is 10.9 Å². The van der Waals surface area contributed by atoms with E-state index in [0.29, 0.717) is 0 Å².